The summed E-state index contributed by atoms with van der Waals surface area (Å²) < 4.78 is 6.98. The third kappa shape index (κ3) is 6.71. The molecule has 0 aliphatic carbocycles. The number of piperazine rings is 1. The van der Waals surface area contributed by atoms with Crippen molar-refractivity contribution in [2.45, 2.75) is 20.4 Å². The fraction of sp³-hybridized carbons (Fsp3) is 0.688. The molecule has 1 amide bonds. The molecule has 1 unspecified atom stereocenters. The Morgan fingerprint density at radius 1 is 1.32 bits per heavy atom. The number of nitrogens with one attached hydrogen (secondary N) is 1. The minimum atomic E-state index is -0.229. The van der Waals surface area contributed by atoms with Crippen molar-refractivity contribution in [3.63, 3.8) is 0 Å². The highest BCUT2D eigenvalue weighted by atomic mass is 127. The van der Waals surface area contributed by atoms with Crippen LogP contribution in [0.25, 0.3) is 0 Å². The van der Waals surface area contributed by atoms with Gasteiger partial charge in [-0.25, -0.2) is 4.79 Å². The number of nitrogens with zero attached hydrogens (tertiary/aromatic N) is 5. The number of ether oxygens (including phenoxy) is 1. The Morgan fingerprint density at radius 3 is 2.56 bits per heavy atom. The number of halogens is 1. The molecule has 8 nitrogen and oxygen atoms in total. The molecule has 0 spiro atoms. The van der Waals surface area contributed by atoms with E-state index in [1.807, 2.05) is 23.9 Å². The van der Waals surface area contributed by atoms with Gasteiger partial charge in [-0.1, -0.05) is 6.92 Å². The van der Waals surface area contributed by atoms with Gasteiger partial charge < -0.3 is 19.9 Å². The Labute approximate surface area is 166 Å². The largest absolute Gasteiger partial charge is 0.450 e. The molecule has 9 heteroatoms. The first kappa shape index (κ1) is 21.5. The van der Waals surface area contributed by atoms with Crippen molar-refractivity contribution in [1.82, 2.24) is 24.9 Å². The summed E-state index contributed by atoms with van der Waals surface area (Å²) in [4.78, 5) is 20.0. The Kier molecular flexibility index (Phi) is 9.61. The summed E-state index contributed by atoms with van der Waals surface area (Å²) in [5.41, 5.74) is 0. The van der Waals surface area contributed by atoms with Crippen LogP contribution in [0.3, 0.4) is 0 Å². The van der Waals surface area contributed by atoms with Gasteiger partial charge in [0.05, 0.1) is 6.61 Å². The van der Waals surface area contributed by atoms with E-state index in [1.165, 1.54) is 0 Å². The van der Waals surface area contributed by atoms with Gasteiger partial charge in [0.25, 0.3) is 0 Å². The molecule has 1 aliphatic rings. The lowest BCUT2D eigenvalue weighted by molar-refractivity contribution is 0.0914. The second-order valence-electron chi connectivity index (χ2n) is 5.93. The fourth-order valence-electron chi connectivity index (χ4n) is 2.71. The molecule has 2 heterocycles. The van der Waals surface area contributed by atoms with Crippen LogP contribution in [0, 0.1) is 5.92 Å². The first-order valence-electron chi connectivity index (χ1n) is 8.48. The van der Waals surface area contributed by atoms with Crippen molar-refractivity contribution in [2.75, 3.05) is 46.4 Å². The maximum absolute atomic E-state index is 11.7. The van der Waals surface area contributed by atoms with E-state index in [0.717, 1.165) is 32.1 Å². The number of carbonyl (C=O) groups excluding carboxylic acids is 1. The molecule has 0 bridgehead atoms. The number of guanidine groups is 1. The minimum absolute atomic E-state index is 0. The number of aliphatic imine (C=N–C) groups is 1. The molecule has 1 N–H and O–H groups in total. The molecular weight excluding hydrogens is 435 g/mol. The van der Waals surface area contributed by atoms with E-state index >= 15 is 0 Å². The van der Waals surface area contributed by atoms with Crippen molar-refractivity contribution >= 4 is 36.0 Å². The van der Waals surface area contributed by atoms with Crippen molar-refractivity contribution in [3.05, 3.63) is 18.5 Å². The van der Waals surface area contributed by atoms with Crippen LogP contribution in [0.2, 0.25) is 0 Å². The highest BCUT2D eigenvalue weighted by Gasteiger charge is 2.23. The summed E-state index contributed by atoms with van der Waals surface area (Å²) in [6.07, 6.45) is 3.54. The normalized spacial score (nSPS) is 16.2. The summed E-state index contributed by atoms with van der Waals surface area (Å²) >= 11 is 0. The summed E-state index contributed by atoms with van der Waals surface area (Å²) in [5, 5.41) is 7.65. The fourth-order valence-corrected chi connectivity index (χ4v) is 2.71. The average Bonchev–Trinajstić information content (AvgIpc) is 3.09. The van der Waals surface area contributed by atoms with Gasteiger partial charge in [0.15, 0.2) is 5.96 Å². The van der Waals surface area contributed by atoms with Gasteiger partial charge in [-0.15, -0.1) is 24.0 Å². The molecule has 25 heavy (non-hydrogen) atoms. The van der Waals surface area contributed by atoms with Crippen molar-refractivity contribution < 1.29 is 9.53 Å². The molecule has 1 saturated heterocycles. The molecule has 1 fully saturated rings. The van der Waals surface area contributed by atoms with Crippen LogP contribution in [-0.4, -0.2) is 78.0 Å². The molecule has 1 aromatic heterocycles. The van der Waals surface area contributed by atoms with Gasteiger partial charge in [-0.3, -0.25) is 9.67 Å². The topological polar surface area (TPSA) is 75.0 Å². The predicted octanol–water partition coefficient (Wildman–Crippen LogP) is 1.49. The number of amides is 1. The lowest BCUT2D eigenvalue weighted by atomic mass is 10.2. The second-order valence-corrected chi connectivity index (χ2v) is 5.93. The van der Waals surface area contributed by atoms with E-state index in [-0.39, 0.29) is 30.1 Å². The van der Waals surface area contributed by atoms with Gasteiger partial charge in [0, 0.05) is 58.7 Å². The minimum Gasteiger partial charge on any atom is -0.450 e. The van der Waals surface area contributed by atoms with E-state index in [0.29, 0.717) is 25.6 Å². The molecule has 1 aromatic rings. The van der Waals surface area contributed by atoms with Gasteiger partial charge in [0.1, 0.15) is 0 Å². The number of aromatic nitrogens is 2. The highest BCUT2D eigenvalue weighted by molar-refractivity contribution is 14.0. The predicted molar refractivity (Wildman–Crippen MR) is 108 cm³/mol. The van der Waals surface area contributed by atoms with E-state index in [2.05, 4.69) is 27.2 Å². The molecule has 0 aromatic carbocycles. The lowest BCUT2D eigenvalue weighted by Crippen LogP contribution is -2.54. The summed E-state index contributed by atoms with van der Waals surface area (Å²) in [6.45, 7) is 8.93. The van der Waals surface area contributed by atoms with E-state index < -0.39 is 0 Å². The van der Waals surface area contributed by atoms with Gasteiger partial charge >= 0.3 is 6.09 Å². The number of hydrogen-bond donors (Lipinski definition) is 1. The van der Waals surface area contributed by atoms with Crippen LogP contribution < -0.4 is 5.32 Å². The monoisotopic (exact) mass is 464 g/mol. The van der Waals surface area contributed by atoms with Gasteiger partial charge in [-0.05, 0) is 18.9 Å². The average molecular weight is 464 g/mol. The maximum Gasteiger partial charge on any atom is 0.409 e. The van der Waals surface area contributed by atoms with Crippen LogP contribution in [0.1, 0.15) is 13.8 Å². The molecule has 1 atom stereocenters. The van der Waals surface area contributed by atoms with Crippen LogP contribution in [0.5, 0.6) is 0 Å². The van der Waals surface area contributed by atoms with Crippen LogP contribution in [0.15, 0.2) is 23.5 Å². The van der Waals surface area contributed by atoms with Crippen molar-refractivity contribution in [3.8, 4) is 0 Å². The van der Waals surface area contributed by atoms with Crippen molar-refractivity contribution in [1.29, 1.82) is 0 Å². The Morgan fingerprint density at radius 2 is 2.00 bits per heavy atom. The first-order chi connectivity index (χ1) is 11.6. The van der Waals surface area contributed by atoms with Gasteiger partial charge in [0.2, 0.25) is 0 Å². The van der Waals surface area contributed by atoms with Crippen LogP contribution >= 0.6 is 24.0 Å². The van der Waals surface area contributed by atoms with Crippen molar-refractivity contribution in [2.24, 2.45) is 10.9 Å². The number of rotatable bonds is 5. The number of hydrogen-bond acceptors (Lipinski definition) is 4. The SMILES string of the molecule is CCOC(=O)N1CCN(C(=NC)NCC(C)Cn2cccn2)CC1.I. The summed E-state index contributed by atoms with van der Waals surface area (Å²) in [5.74, 6) is 1.31. The quantitative estimate of drug-likeness (QED) is 0.406. The van der Waals surface area contributed by atoms with E-state index in [1.54, 1.807) is 18.1 Å². The third-order valence-electron chi connectivity index (χ3n) is 3.98. The lowest BCUT2D eigenvalue weighted by Gasteiger charge is -2.36. The molecule has 0 radical (unpaired) electrons. The summed E-state index contributed by atoms with van der Waals surface area (Å²) in [6, 6.07) is 1.93. The molecular formula is C16H29IN6O2. The Balaban J connectivity index is 0.00000312. The highest BCUT2D eigenvalue weighted by Crippen LogP contribution is 2.05. The maximum atomic E-state index is 11.7. The van der Waals surface area contributed by atoms with Crippen LogP contribution in [-0.2, 0) is 11.3 Å². The second kappa shape index (κ2) is 11.2. The smallest absolute Gasteiger partial charge is 0.409 e. The molecule has 0 saturated carbocycles. The van der Waals surface area contributed by atoms with E-state index in [9.17, 15) is 4.79 Å². The third-order valence-corrected chi connectivity index (χ3v) is 3.98. The standard InChI is InChI=1S/C16H28N6O2.HI/c1-4-24-16(23)21-10-8-20(9-11-21)15(17-3)18-12-14(2)13-22-7-5-6-19-22;/h5-7,14H,4,8-13H2,1-3H3,(H,17,18);1H. The zero-order valence-corrected chi connectivity index (χ0v) is 17.6. The summed E-state index contributed by atoms with van der Waals surface area (Å²) in [7, 11) is 1.79. The molecule has 2 rings (SSSR count). The molecule has 142 valence electrons. The zero-order chi connectivity index (χ0) is 17.4. The molecule has 1 aliphatic heterocycles. The Bertz CT molecular complexity index is 529. The van der Waals surface area contributed by atoms with E-state index in [4.69, 9.17) is 4.74 Å². The zero-order valence-electron chi connectivity index (χ0n) is 15.2. The van der Waals surface area contributed by atoms with Gasteiger partial charge in [-0.2, -0.15) is 5.10 Å². The van der Waals surface area contributed by atoms with Crippen LogP contribution in [0.4, 0.5) is 4.79 Å². The number of carbonyl (C=O) groups is 1. The Hall–Kier alpha value is -1.52. The first-order valence-corrected chi connectivity index (χ1v) is 8.48.